The summed E-state index contributed by atoms with van der Waals surface area (Å²) in [7, 11) is 1.69. The lowest BCUT2D eigenvalue weighted by Gasteiger charge is -2.13. The molecule has 0 bridgehead atoms. The standard InChI is InChI=1S/C14H18N2O2/c1-8-5-12(9(2)10(3)14(8)17-4)13-6-11(7-15)16-18-13/h5-6H,7,15H2,1-4H3. The molecule has 0 saturated heterocycles. The zero-order chi connectivity index (χ0) is 13.3. The van der Waals surface area contributed by atoms with E-state index < -0.39 is 0 Å². The summed E-state index contributed by atoms with van der Waals surface area (Å²) in [6.07, 6.45) is 0. The lowest BCUT2D eigenvalue weighted by molar-refractivity contribution is 0.407. The molecule has 0 saturated carbocycles. The van der Waals surface area contributed by atoms with Crippen LogP contribution in [-0.2, 0) is 6.54 Å². The summed E-state index contributed by atoms with van der Waals surface area (Å²) >= 11 is 0. The zero-order valence-electron chi connectivity index (χ0n) is 11.2. The monoisotopic (exact) mass is 246 g/mol. The first-order valence-corrected chi connectivity index (χ1v) is 5.89. The van der Waals surface area contributed by atoms with Gasteiger partial charge in [-0.05, 0) is 43.5 Å². The number of rotatable bonds is 3. The Bertz CT molecular complexity index is 573. The van der Waals surface area contributed by atoms with Crippen LogP contribution in [0.4, 0.5) is 0 Å². The molecule has 2 N–H and O–H groups in total. The Morgan fingerprint density at radius 2 is 1.94 bits per heavy atom. The Kier molecular flexibility index (Phi) is 3.39. The smallest absolute Gasteiger partial charge is 0.167 e. The lowest BCUT2D eigenvalue weighted by Crippen LogP contribution is -1.96. The molecule has 4 nitrogen and oxygen atoms in total. The maximum absolute atomic E-state index is 5.54. The van der Waals surface area contributed by atoms with Gasteiger partial charge in [0.25, 0.3) is 0 Å². The van der Waals surface area contributed by atoms with Gasteiger partial charge in [-0.15, -0.1) is 0 Å². The molecule has 0 aliphatic carbocycles. The van der Waals surface area contributed by atoms with Crippen molar-refractivity contribution in [1.29, 1.82) is 0 Å². The molecule has 0 atom stereocenters. The molecule has 0 spiro atoms. The van der Waals surface area contributed by atoms with E-state index in [0.29, 0.717) is 6.54 Å². The fourth-order valence-corrected chi connectivity index (χ4v) is 2.16. The van der Waals surface area contributed by atoms with Gasteiger partial charge >= 0.3 is 0 Å². The van der Waals surface area contributed by atoms with E-state index in [2.05, 4.69) is 18.1 Å². The summed E-state index contributed by atoms with van der Waals surface area (Å²) in [6.45, 7) is 6.51. The van der Waals surface area contributed by atoms with Crippen LogP contribution in [-0.4, -0.2) is 12.3 Å². The molecule has 2 rings (SSSR count). The lowest BCUT2D eigenvalue weighted by atomic mass is 9.97. The van der Waals surface area contributed by atoms with Crippen molar-refractivity contribution in [2.24, 2.45) is 5.73 Å². The largest absolute Gasteiger partial charge is 0.496 e. The number of nitrogens with zero attached hydrogens (tertiary/aromatic N) is 1. The van der Waals surface area contributed by atoms with Crippen LogP contribution in [0.15, 0.2) is 16.7 Å². The maximum Gasteiger partial charge on any atom is 0.167 e. The molecule has 0 amide bonds. The average Bonchev–Trinajstić information content (AvgIpc) is 2.83. The minimum absolute atomic E-state index is 0.386. The third kappa shape index (κ3) is 1.99. The number of ether oxygens (including phenoxy) is 1. The SMILES string of the molecule is COc1c(C)cc(-c2cc(CN)no2)c(C)c1C. The van der Waals surface area contributed by atoms with E-state index in [0.717, 1.165) is 39.5 Å². The molecule has 4 heteroatoms. The van der Waals surface area contributed by atoms with Crippen molar-refractivity contribution in [3.05, 3.63) is 34.5 Å². The van der Waals surface area contributed by atoms with Crippen molar-refractivity contribution in [2.75, 3.05) is 7.11 Å². The summed E-state index contributed by atoms with van der Waals surface area (Å²) in [5, 5.41) is 3.92. The van der Waals surface area contributed by atoms with Crippen molar-refractivity contribution in [1.82, 2.24) is 5.16 Å². The third-order valence-corrected chi connectivity index (χ3v) is 3.26. The number of aromatic nitrogens is 1. The zero-order valence-corrected chi connectivity index (χ0v) is 11.2. The van der Waals surface area contributed by atoms with Gasteiger partial charge in [0, 0.05) is 18.2 Å². The highest BCUT2D eigenvalue weighted by molar-refractivity contribution is 5.68. The molecule has 96 valence electrons. The Hall–Kier alpha value is -1.81. The van der Waals surface area contributed by atoms with Gasteiger partial charge in [0.2, 0.25) is 0 Å². The number of methoxy groups -OCH3 is 1. The van der Waals surface area contributed by atoms with E-state index in [1.807, 2.05) is 19.9 Å². The van der Waals surface area contributed by atoms with Gasteiger partial charge in [-0.1, -0.05) is 5.16 Å². The van der Waals surface area contributed by atoms with Crippen molar-refractivity contribution < 1.29 is 9.26 Å². The van der Waals surface area contributed by atoms with Gasteiger partial charge < -0.3 is 15.0 Å². The Labute approximate surface area is 107 Å². The summed E-state index contributed by atoms with van der Waals surface area (Å²) in [5.41, 5.74) is 10.7. The molecule has 0 aliphatic rings. The molecule has 0 unspecified atom stereocenters. The fraction of sp³-hybridized carbons (Fsp3) is 0.357. The van der Waals surface area contributed by atoms with Gasteiger partial charge in [0.1, 0.15) is 5.75 Å². The highest BCUT2D eigenvalue weighted by Gasteiger charge is 2.15. The highest BCUT2D eigenvalue weighted by atomic mass is 16.5. The molecular formula is C14H18N2O2. The number of nitrogens with two attached hydrogens (primary N) is 1. The molecule has 0 aliphatic heterocycles. The van der Waals surface area contributed by atoms with Crippen LogP contribution >= 0.6 is 0 Å². The molecule has 1 heterocycles. The first-order valence-electron chi connectivity index (χ1n) is 5.89. The van der Waals surface area contributed by atoms with Gasteiger partial charge in [-0.25, -0.2) is 0 Å². The second kappa shape index (κ2) is 4.82. The van der Waals surface area contributed by atoms with E-state index in [1.165, 1.54) is 0 Å². The van der Waals surface area contributed by atoms with Crippen LogP contribution in [0.2, 0.25) is 0 Å². The van der Waals surface area contributed by atoms with E-state index in [9.17, 15) is 0 Å². The van der Waals surface area contributed by atoms with Crippen LogP contribution in [0.1, 0.15) is 22.4 Å². The Morgan fingerprint density at radius 1 is 1.22 bits per heavy atom. The molecule has 2 aromatic rings. The first kappa shape index (κ1) is 12.6. The summed E-state index contributed by atoms with van der Waals surface area (Å²) in [4.78, 5) is 0. The van der Waals surface area contributed by atoms with E-state index in [4.69, 9.17) is 15.0 Å². The van der Waals surface area contributed by atoms with Crippen molar-refractivity contribution in [2.45, 2.75) is 27.3 Å². The number of benzene rings is 1. The number of aryl methyl sites for hydroxylation is 1. The molecule has 1 aromatic heterocycles. The van der Waals surface area contributed by atoms with Crippen molar-refractivity contribution in [3.8, 4) is 17.1 Å². The normalized spacial score (nSPS) is 10.7. The Morgan fingerprint density at radius 3 is 2.50 bits per heavy atom. The maximum atomic E-state index is 5.54. The van der Waals surface area contributed by atoms with Crippen LogP contribution in [0.3, 0.4) is 0 Å². The molecular weight excluding hydrogens is 228 g/mol. The molecule has 0 fully saturated rings. The minimum atomic E-state index is 0.386. The van der Waals surface area contributed by atoms with Crippen LogP contribution < -0.4 is 10.5 Å². The van der Waals surface area contributed by atoms with Gasteiger partial charge in [0.05, 0.1) is 12.8 Å². The number of hydrogen-bond acceptors (Lipinski definition) is 4. The predicted molar refractivity (Wildman–Crippen MR) is 70.6 cm³/mol. The summed E-state index contributed by atoms with van der Waals surface area (Å²) in [6, 6.07) is 3.94. The Balaban J connectivity index is 2.58. The van der Waals surface area contributed by atoms with E-state index in [-0.39, 0.29) is 0 Å². The quantitative estimate of drug-likeness (QED) is 0.904. The van der Waals surface area contributed by atoms with Crippen LogP contribution in [0, 0.1) is 20.8 Å². The summed E-state index contributed by atoms with van der Waals surface area (Å²) < 4.78 is 10.7. The van der Waals surface area contributed by atoms with Gasteiger partial charge in [-0.2, -0.15) is 0 Å². The average molecular weight is 246 g/mol. The van der Waals surface area contributed by atoms with Gasteiger partial charge in [0.15, 0.2) is 5.76 Å². The highest BCUT2D eigenvalue weighted by Crippen LogP contribution is 2.34. The van der Waals surface area contributed by atoms with Crippen LogP contribution in [0.5, 0.6) is 5.75 Å². The predicted octanol–water partition coefficient (Wildman–Crippen LogP) is 2.73. The van der Waals surface area contributed by atoms with Crippen LogP contribution in [0.25, 0.3) is 11.3 Å². The second-order valence-electron chi connectivity index (χ2n) is 4.41. The first-order chi connectivity index (χ1) is 8.58. The molecule has 0 radical (unpaired) electrons. The van der Waals surface area contributed by atoms with Gasteiger partial charge in [-0.3, -0.25) is 0 Å². The van der Waals surface area contributed by atoms with Crippen molar-refractivity contribution >= 4 is 0 Å². The third-order valence-electron chi connectivity index (χ3n) is 3.26. The number of hydrogen-bond donors (Lipinski definition) is 1. The summed E-state index contributed by atoms with van der Waals surface area (Å²) in [5.74, 6) is 1.68. The topological polar surface area (TPSA) is 61.3 Å². The minimum Gasteiger partial charge on any atom is -0.496 e. The molecule has 18 heavy (non-hydrogen) atoms. The van der Waals surface area contributed by atoms with E-state index >= 15 is 0 Å². The van der Waals surface area contributed by atoms with Crippen molar-refractivity contribution in [3.63, 3.8) is 0 Å². The fourth-order valence-electron chi connectivity index (χ4n) is 2.16. The second-order valence-corrected chi connectivity index (χ2v) is 4.41. The van der Waals surface area contributed by atoms with E-state index in [1.54, 1.807) is 7.11 Å². The molecule has 1 aromatic carbocycles.